The molecular weight excluding hydrogens is 226 g/mol. The second-order valence-corrected chi connectivity index (χ2v) is 5.94. The molecule has 1 aliphatic rings. The van der Waals surface area contributed by atoms with Gasteiger partial charge in [0, 0.05) is 0 Å². The van der Waals surface area contributed by atoms with Crippen LogP contribution in [0.15, 0.2) is 0 Å². The molecule has 1 fully saturated rings. The molecule has 1 aliphatic carbocycles. The van der Waals surface area contributed by atoms with Crippen LogP contribution in [0.4, 0.5) is 0 Å². The van der Waals surface area contributed by atoms with Crippen molar-refractivity contribution in [2.24, 2.45) is 0 Å². The van der Waals surface area contributed by atoms with Gasteiger partial charge in [0.25, 0.3) is 0 Å². The molecule has 0 nitrogen and oxygen atoms in total. The Morgan fingerprint density at radius 2 is 1.82 bits per heavy atom. The minimum Gasteiger partial charge on any atom is -0.121 e. The van der Waals surface area contributed by atoms with Crippen LogP contribution in [0.25, 0.3) is 0 Å². The fraction of sp³-hybridized carbons (Fsp3) is 1.00. The van der Waals surface area contributed by atoms with Gasteiger partial charge in [-0.15, -0.1) is 23.2 Å². The lowest BCUT2D eigenvalue weighted by Gasteiger charge is -2.42. The van der Waals surface area contributed by atoms with Crippen molar-refractivity contribution in [3.63, 3.8) is 0 Å². The fourth-order valence-corrected chi connectivity index (χ4v) is 2.43. The zero-order valence-corrected chi connectivity index (χ0v) is 9.23. The number of halogens is 4. The van der Waals surface area contributed by atoms with E-state index >= 15 is 0 Å². The van der Waals surface area contributed by atoms with Crippen molar-refractivity contribution in [2.75, 3.05) is 0 Å². The Balaban J connectivity index is 2.82. The maximum absolute atomic E-state index is 6.12. The summed E-state index contributed by atoms with van der Waals surface area (Å²) in [6.45, 7) is 1.80. The molecule has 0 radical (unpaired) electrons. The topological polar surface area (TPSA) is 0 Å². The highest BCUT2D eigenvalue weighted by Crippen LogP contribution is 2.51. The van der Waals surface area contributed by atoms with Gasteiger partial charge in [-0.05, 0) is 26.2 Å². The lowest BCUT2D eigenvalue weighted by molar-refractivity contribution is 0.397. The normalized spacial score (nSPS) is 43.9. The first kappa shape index (κ1) is 10.2. The molecule has 0 spiro atoms. The fourth-order valence-electron chi connectivity index (χ4n) is 1.25. The molecule has 0 aromatic rings. The van der Waals surface area contributed by atoms with Gasteiger partial charge in [-0.25, -0.2) is 0 Å². The molecule has 0 aliphatic heterocycles. The molecule has 0 saturated heterocycles. The van der Waals surface area contributed by atoms with Crippen LogP contribution in [0.5, 0.6) is 0 Å². The summed E-state index contributed by atoms with van der Waals surface area (Å²) in [4.78, 5) is -0.698. The average molecular weight is 236 g/mol. The predicted octanol–water partition coefficient (Wildman–Crippen LogP) is 3.95. The second kappa shape index (κ2) is 3.14. The van der Waals surface area contributed by atoms with Crippen LogP contribution in [0.1, 0.15) is 26.2 Å². The van der Waals surface area contributed by atoms with Gasteiger partial charge in [-0.1, -0.05) is 23.2 Å². The Hall–Kier alpha value is 1.16. The van der Waals surface area contributed by atoms with Crippen LogP contribution in [-0.4, -0.2) is 14.6 Å². The lowest BCUT2D eigenvalue weighted by atomic mass is 9.88. The van der Waals surface area contributed by atoms with Crippen molar-refractivity contribution >= 4 is 46.4 Å². The quantitative estimate of drug-likeness (QED) is 0.558. The summed E-state index contributed by atoms with van der Waals surface area (Å²) in [7, 11) is 0. The minimum atomic E-state index is -0.876. The maximum atomic E-state index is 6.12. The van der Waals surface area contributed by atoms with E-state index in [2.05, 4.69) is 0 Å². The molecule has 4 heteroatoms. The van der Waals surface area contributed by atoms with Gasteiger partial charge in [0.15, 0.2) is 0 Å². The van der Waals surface area contributed by atoms with Crippen LogP contribution in [0.2, 0.25) is 0 Å². The van der Waals surface area contributed by atoms with Gasteiger partial charge < -0.3 is 0 Å². The van der Waals surface area contributed by atoms with E-state index < -0.39 is 9.21 Å². The highest BCUT2D eigenvalue weighted by Gasteiger charge is 2.51. The third-order valence-electron chi connectivity index (χ3n) is 2.25. The van der Waals surface area contributed by atoms with Crippen LogP contribution < -0.4 is 0 Å². The molecular formula is C7H10Cl4. The van der Waals surface area contributed by atoms with Crippen molar-refractivity contribution in [3.05, 3.63) is 0 Å². The first-order valence-electron chi connectivity index (χ1n) is 3.59. The molecule has 0 heterocycles. The highest BCUT2D eigenvalue weighted by molar-refractivity contribution is 6.54. The molecule has 66 valence electrons. The maximum Gasteiger partial charge on any atom is 0.138 e. The van der Waals surface area contributed by atoms with Gasteiger partial charge >= 0.3 is 0 Å². The monoisotopic (exact) mass is 234 g/mol. The predicted molar refractivity (Wildman–Crippen MR) is 52.2 cm³/mol. The molecule has 1 saturated carbocycles. The molecule has 0 amide bonds. The van der Waals surface area contributed by atoms with Crippen LogP contribution in [0.3, 0.4) is 0 Å². The summed E-state index contributed by atoms with van der Waals surface area (Å²) < 4.78 is -0.876. The summed E-state index contributed by atoms with van der Waals surface area (Å²) in [5.41, 5.74) is 0. The lowest BCUT2D eigenvalue weighted by Crippen LogP contribution is -2.49. The van der Waals surface area contributed by atoms with E-state index in [1.54, 1.807) is 6.92 Å². The van der Waals surface area contributed by atoms with Crippen LogP contribution >= 0.6 is 46.4 Å². The molecule has 0 N–H and O–H groups in total. The summed E-state index contributed by atoms with van der Waals surface area (Å²) in [5.74, 6) is 0. The van der Waals surface area contributed by atoms with E-state index in [9.17, 15) is 0 Å². The Kier molecular flexibility index (Phi) is 2.92. The van der Waals surface area contributed by atoms with Crippen molar-refractivity contribution < 1.29 is 0 Å². The summed E-state index contributed by atoms with van der Waals surface area (Å²) in [5, 5.41) is -0.132. The van der Waals surface area contributed by atoms with Crippen molar-refractivity contribution in [1.29, 1.82) is 0 Å². The van der Waals surface area contributed by atoms with E-state index in [0.29, 0.717) is 0 Å². The number of alkyl halides is 4. The molecule has 0 aromatic heterocycles. The summed E-state index contributed by atoms with van der Waals surface area (Å²) in [6, 6.07) is 0. The number of hydrogen-bond acceptors (Lipinski definition) is 0. The second-order valence-electron chi connectivity index (χ2n) is 3.14. The first-order valence-corrected chi connectivity index (χ1v) is 5.16. The van der Waals surface area contributed by atoms with E-state index in [1.165, 1.54) is 0 Å². The van der Waals surface area contributed by atoms with E-state index in [0.717, 1.165) is 19.3 Å². The smallest absolute Gasteiger partial charge is 0.121 e. The highest BCUT2D eigenvalue weighted by atomic mass is 35.5. The molecule has 1 rings (SSSR count). The van der Waals surface area contributed by atoms with Crippen molar-refractivity contribution in [1.82, 2.24) is 0 Å². The van der Waals surface area contributed by atoms with E-state index in [4.69, 9.17) is 46.4 Å². The molecule has 2 atom stereocenters. The van der Waals surface area contributed by atoms with Gasteiger partial charge in [-0.2, -0.15) is 0 Å². The van der Waals surface area contributed by atoms with Crippen molar-refractivity contribution in [3.8, 4) is 0 Å². The zero-order valence-electron chi connectivity index (χ0n) is 6.21. The standard InChI is InChI=1S/C7H10Cl4/c1-6(9)5(8)3-2-4-7(6,10)11/h5H,2-4H2,1H3. The van der Waals surface area contributed by atoms with Crippen LogP contribution in [0, 0.1) is 0 Å². The average Bonchev–Trinajstić information content (AvgIpc) is 1.84. The van der Waals surface area contributed by atoms with Gasteiger partial charge in [0.05, 0.1) is 10.3 Å². The Morgan fingerprint density at radius 1 is 1.27 bits per heavy atom. The largest absolute Gasteiger partial charge is 0.138 e. The van der Waals surface area contributed by atoms with Crippen LogP contribution in [-0.2, 0) is 0 Å². The Labute approximate surface area is 87.1 Å². The van der Waals surface area contributed by atoms with E-state index in [-0.39, 0.29) is 5.38 Å². The van der Waals surface area contributed by atoms with Gasteiger partial charge in [-0.3, -0.25) is 0 Å². The summed E-state index contributed by atoms with van der Waals surface area (Å²) in [6.07, 6.45) is 2.56. The third-order valence-corrected chi connectivity index (χ3v) is 4.96. The van der Waals surface area contributed by atoms with E-state index in [1.807, 2.05) is 0 Å². The Bertz CT molecular complexity index is 153. The summed E-state index contributed by atoms with van der Waals surface area (Å²) >= 11 is 24.1. The molecule has 2 unspecified atom stereocenters. The molecule has 11 heavy (non-hydrogen) atoms. The van der Waals surface area contributed by atoms with Crippen molar-refractivity contribution in [2.45, 2.75) is 40.8 Å². The zero-order chi connectivity index (χ0) is 8.70. The first-order chi connectivity index (χ1) is 4.88. The number of rotatable bonds is 0. The Morgan fingerprint density at radius 3 is 2.18 bits per heavy atom. The third kappa shape index (κ3) is 1.75. The minimum absolute atomic E-state index is 0.132. The molecule has 0 bridgehead atoms. The molecule has 0 aromatic carbocycles. The van der Waals surface area contributed by atoms with Gasteiger partial charge in [0.2, 0.25) is 0 Å². The SMILES string of the molecule is CC1(Cl)C(Cl)CCCC1(Cl)Cl. The number of hydrogen-bond donors (Lipinski definition) is 0. The van der Waals surface area contributed by atoms with Gasteiger partial charge in [0.1, 0.15) is 4.33 Å².